The molecule has 0 spiro atoms. The number of hydrogen-bond donors (Lipinski definition) is 2. The van der Waals surface area contributed by atoms with Crippen LogP contribution < -0.4 is 10.6 Å². The maximum Gasteiger partial charge on any atom is 0.329 e. The largest absolute Gasteiger partial charge is 0.451 e. The number of anilines is 1. The van der Waals surface area contributed by atoms with E-state index in [1.54, 1.807) is 18.2 Å². The Kier molecular flexibility index (Phi) is 6.32. The molecule has 1 aliphatic carbocycles. The van der Waals surface area contributed by atoms with Gasteiger partial charge in [-0.3, -0.25) is 9.59 Å². The van der Waals surface area contributed by atoms with Gasteiger partial charge in [-0.05, 0) is 75.4 Å². The van der Waals surface area contributed by atoms with Gasteiger partial charge in [-0.2, -0.15) is 0 Å². The van der Waals surface area contributed by atoms with Crippen molar-refractivity contribution in [2.45, 2.75) is 52.2 Å². The molecule has 0 heterocycles. The molecule has 152 valence electrons. The van der Waals surface area contributed by atoms with E-state index in [-0.39, 0.29) is 5.91 Å². The van der Waals surface area contributed by atoms with E-state index in [1.807, 2.05) is 31.2 Å². The topological polar surface area (TPSA) is 84.5 Å². The Morgan fingerprint density at radius 1 is 1.00 bits per heavy atom. The molecular weight excluding hydrogens is 368 g/mol. The highest BCUT2D eigenvalue weighted by atomic mass is 16.5. The molecule has 6 heteroatoms. The third-order valence-corrected chi connectivity index (χ3v) is 5.01. The highest BCUT2D eigenvalue weighted by Crippen LogP contribution is 2.25. The first-order chi connectivity index (χ1) is 13.8. The Morgan fingerprint density at radius 2 is 1.76 bits per heavy atom. The third kappa shape index (κ3) is 5.22. The molecule has 1 aliphatic rings. The summed E-state index contributed by atoms with van der Waals surface area (Å²) in [7, 11) is 0. The zero-order valence-corrected chi connectivity index (χ0v) is 17.0. The third-order valence-electron chi connectivity index (χ3n) is 5.01. The first-order valence-electron chi connectivity index (χ1n) is 9.84. The highest BCUT2D eigenvalue weighted by molar-refractivity contribution is 5.98. The molecule has 2 aromatic rings. The Balaban J connectivity index is 1.52. The van der Waals surface area contributed by atoms with Gasteiger partial charge in [-0.15, -0.1) is 0 Å². The lowest BCUT2D eigenvalue weighted by atomic mass is 10.1. The lowest BCUT2D eigenvalue weighted by Gasteiger charge is -2.18. The summed E-state index contributed by atoms with van der Waals surface area (Å²) in [5, 5.41) is 5.39. The van der Waals surface area contributed by atoms with Crippen LogP contribution in [0.3, 0.4) is 0 Å². The maximum atomic E-state index is 12.4. The van der Waals surface area contributed by atoms with Crippen molar-refractivity contribution in [1.29, 1.82) is 0 Å². The van der Waals surface area contributed by atoms with Gasteiger partial charge in [-0.25, -0.2) is 4.79 Å². The molecule has 0 saturated carbocycles. The summed E-state index contributed by atoms with van der Waals surface area (Å²) >= 11 is 0. The van der Waals surface area contributed by atoms with Crippen molar-refractivity contribution in [2.75, 3.05) is 5.32 Å². The van der Waals surface area contributed by atoms with Crippen molar-refractivity contribution in [2.24, 2.45) is 0 Å². The molecule has 29 heavy (non-hydrogen) atoms. The second kappa shape index (κ2) is 8.90. The van der Waals surface area contributed by atoms with Gasteiger partial charge in [0.25, 0.3) is 11.8 Å². The van der Waals surface area contributed by atoms with E-state index in [9.17, 15) is 14.4 Å². The van der Waals surface area contributed by atoms with Crippen molar-refractivity contribution >= 4 is 23.5 Å². The summed E-state index contributed by atoms with van der Waals surface area (Å²) in [6, 6.07) is 12.1. The molecule has 2 N–H and O–H groups in total. The molecule has 3 rings (SSSR count). The molecule has 0 fully saturated rings. The van der Waals surface area contributed by atoms with Crippen LogP contribution in [0, 0.1) is 6.92 Å². The van der Waals surface area contributed by atoms with Crippen molar-refractivity contribution in [3.8, 4) is 0 Å². The zero-order valence-electron chi connectivity index (χ0n) is 17.0. The molecule has 0 radical (unpaired) electrons. The minimum Gasteiger partial charge on any atom is -0.451 e. The van der Waals surface area contributed by atoms with Crippen LogP contribution in [0.25, 0.3) is 0 Å². The number of carbonyl (C=O) groups is 3. The van der Waals surface area contributed by atoms with E-state index in [2.05, 4.69) is 10.6 Å². The summed E-state index contributed by atoms with van der Waals surface area (Å²) in [6.45, 7) is 4.92. The van der Waals surface area contributed by atoms with Crippen LogP contribution >= 0.6 is 0 Å². The Hall–Kier alpha value is -3.15. The van der Waals surface area contributed by atoms with E-state index >= 15 is 0 Å². The number of esters is 1. The number of ether oxygens (including phenoxy) is 1. The number of nitrogens with one attached hydrogen (secondary N) is 2. The molecule has 2 amide bonds. The molecule has 2 aromatic carbocycles. The number of rotatable bonds is 6. The normalized spacial score (nSPS) is 14.4. The van der Waals surface area contributed by atoms with Gasteiger partial charge >= 0.3 is 5.97 Å². The van der Waals surface area contributed by atoms with E-state index in [1.165, 1.54) is 25.0 Å². The summed E-state index contributed by atoms with van der Waals surface area (Å²) in [5.74, 6) is -1.44. The van der Waals surface area contributed by atoms with Crippen LogP contribution in [-0.4, -0.2) is 29.9 Å². The smallest absolute Gasteiger partial charge is 0.329 e. The molecule has 2 atom stereocenters. The quantitative estimate of drug-likeness (QED) is 0.737. The molecule has 6 nitrogen and oxygen atoms in total. The van der Waals surface area contributed by atoms with Crippen molar-refractivity contribution in [1.82, 2.24) is 5.32 Å². The van der Waals surface area contributed by atoms with Crippen LogP contribution in [0.15, 0.2) is 42.5 Å². The lowest BCUT2D eigenvalue weighted by Crippen LogP contribution is -2.42. The summed E-state index contributed by atoms with van der Waals surface area (Å²) in [5.41, 5.74) is 4.68. The van der Waals surface area contributed by atoms with Crippen molar-refractivity contribution < 1.29 is 19.1 Å². The van der Waals surface area contributed by atoms with Gasteiger partial charge in [0.1, 0.15) is 6.04 Å². The second-order valence-electron chi connectivity index (χ2n) is 7.47. The first kappa shape index (κ1) is 20.6. The predicted octanol–water partition coefficient (Wildman–Crippen LogP) is 3.17. The molecule has 0 aliphatic heterocycles. The zero-order chi connectivity index (χ0) is 21.0. The van der Waals surface area contributed by atoms with Crippen LogP contribution in [-0.2, 0) is 27.2 Å². The SMILES string of the molecule is Cc1cccc(C(=O)N[C@@H](C)C(=O)O[C@H](C)C(=O)Nc2ccc3c(c2)CCC3)c1. The van der Waals surface area contributed by atoms with Crippen LogP contribution in [0.4, 0.5) is 5.69 Å². The number of fused-ring (bicyclic) bond motifs is 1. The molecule has 0 bridgehead atoms. The van der Waals surface area contributed by atoms with Gasteiger partial charge in [-0.1, -0.05) is 23.8 Å². The first-order valence-corrected chi connectivity index (χ1v) is 9.84. The molecule has 0 unspecified atom stereocenters. The minimum atomic E-state index is -0.978. The number of hydrogen-bond acceptors (Lipinski definition) is 4. The summed E-state index contributed by atoms with van der Waals surface area (Å²) < 4.78 is 5.23. The van der Waals surface area contributed by atoms with Gasteiger partial charge in [0.2, 0.25) is 0 Å². The highest BCUT2D eigenvalue weighted by Gasteiger charge is 2.24. The summed E-state index contributed by atoms with van der Waals surface area (Å²) in [6.07, 6.45) is 2.24. The van der Waals surface area contributed by atoms with Gasteiger partial charge in [0.15, 0.2) is 6.10 Å². The fourth-order valence-corrected chi connectivity index (χ4v) is 3.35. The predicted molar refractivity (Wildman–Crippen MR) is 111 cm³/mol. The number of amides is 2. The van der Waals surface area contributed by atoms with Crippen LogP contribution in [0.2, 0.25) is 0 Å². The van der Waals surface area contributed by atoms with E-state index in [0.717, 1.165) is 24.8 Å². The van der Waals surface area contributed by atoms with Crippen LogP contribution in [0.5, 0.6) is 0 Å². The standard InChI is InChI=1S/C23H26N2O4/c1-14-6-4-9-19(12-14)22(27)24-15(2)23(28)29-16(3)21(26)25-20-11-10-17-7-5-8-18(17)13-20/h4,6,9-13,15-16H,5,7-8H2,1-3H3,(H,24,27)(H,25,26)/t15-,16+/m0/s1. The van der Waals surface area contributed by atoms with E-state index in [4.69, 9.17) is 4.74 Å². The van der Waals surface area contributed by atoms with Crippen molar-refractivity contribution in [3.63, 3.8) is 0 Å². The fraction of sp³-hybridized carbons (Fsp3) is 0.348. The van der Waals surface area contributed by atoms with Gasteiger partial charge in [0.05, 0.1) is 0 Å². The van der Waals surface area contributed by atoms with Gasteiger partial charge < -0.3 is 15.4 Å². The average Bonchev–Trinajstić information content (AvgIpc) is 3.15. The van der Waals surface area contributed by atoms with E-state index < -0.39 is 24.0 Å². The molecular formula is C23H26N2O4. The van der Waals surface area contributed by atoms with Crippen LogP contribution in [0.1, 0.15) is 47.3 Å². The Labute approximate surface area is 170 Å². The van der Waals surface area contributed by atoms with E-state index in [0.29, 0.717) is 11.3 Å². The monoisotopic (exact) mass is 394 g/mol. The molecule has 0 saturated heterocycles. The van der Waals surface area contributed by atoms with Crippen molar-refractivity contribution in [3.05, 3.63) is 64.7 Å². The Morgan fingerprint density at radius 3 is 2.52 bits per heavy atom. The Bertz CT molecular complexity index is 938. The lowest BCUT2D eigenvalue weighted by molar-refractivity contribution is -0.154. The number of benzene rings is 2. The molecule has 0 aromatic heterocycles. The summed E-state index contributed by atoms with van der Waals surface area (Å²) in [4.78, 5) is 36.9. The average molecular weight is 394 g/mol. The number of aryl methyl sites for hydroxylation is 3. The number of carbonyl (C=O) groups excluding carboxylic acids is 3. The minimum absolute atomic E-state index is 0.367. The van der Waals surface area contributed by atoms with Gasteiger partial charge in [0, 0.05) is 11.3 Å². The maximum absolute atomic E-state index is 12.4. The fourth-order valence-electron chi connectivity index (χ4n) is 3.35. The second-order valence-corrected chi connectivity index (χ2v) is 7.47.